The second-order valence-electron chi connectivity index (χ2n) is 4.93. The topological polar surface area (TPSA) is 55.1 Å². The molecule has 0 fully saturated rings. The van der Waals surface area contributed by atoms with Crippen LogP contribution in [0.15, 0.2) is 29.6 Å². The molecule has 2 aromatic rings. The standard InChI is InChI=1S/C15H15ClN2OS/c16-14-10(3-1-4-11(14)17)15(19)18-12-5-2-6-13-9(12)7-8-20-13/h1,3-4,7-8,12H,2,5-6,17H2,(H,18,19). The smallest absolute Gasteiger partial charge is 0.253 e. The van der Waals surface area contributed by atoms with E-state index >= 15 is 0 Å². The number of nitrogens with two attached hydrogens (primary N) is 1. The molecule has 0 bridgehead atoms. The summed E-state index contributed by atoms with van der Waals surface area (Å²) in [6.07, 6.45) is 3.18. The van der Waals surface area contributed by atoms with Crippen molar-refractivity contribution >= 4 is 34.5 Å². The van der Waals surface area contributed by atoms with Crippen molar-refractivity contribution < 1.29 is 4.79 Å². The van der Waals surface area contributed by atoms with Gasteiger partial charge >= 0.3 is 0 Å². The van der Waals surface area contributed by atoms with E-state index < -0.39 is 0 Å². The fourth-order valence-corrected chi connectivity index (χ4v) is 3.80. The van der Waals surface area contributed by atoms with E-state index in [1.165, 1.54) is 10.4 Å². The van der Waals surface area contributed by atoms with Crippen molar-refractivity contribution in [1.29, 1.82) is 0 Å². The Bertz CT molecular complexity index is 653. The highest BCUT2D eigenvalue weighted by atomic mass is 35.5. The van der Waals surface area contributed by atoms with Crippen LogP contribution in [0.25, 0.3) is 0 Å². The van der Waals surface area contributed by atoms with Crippen LogP contribution in [0.1, 0.15) is 39.7 Å². The van der Waals surface area contributed by atoms with Crippen molar-refractivity contribution in [2.24, 2.45) is 0 Å². The molecule has 104 valence electrons. The summed E-state index contributed by atoms with van der Waals surface area (Å²) < 4.78 is 0. The first-order chi connectivity index (χ1) is 9.66. The molecule has 1 heterocycles. The summed E-state index contributed by atoms with van der Waals surface area (Å²) in [5, 5.41) is 5.48. The number of benzene rings is 1. The van der Waals surface area contributed by atoms with Crippen molar-refractivity contribution in [3.05, 3.63) is 50.7 Å². The quantitative estimate of drug-likeness (QED) is 0.829. The minimum Gasteiger partial charge on any atom is -0.398 e. The lowest BCUT2D eigenvalue weighted by Crippen LogP contribution is -2.30. The lowest BCUT2D eigenvalue weighted by molar-refractivity contribution is 0.0933. The molecular formula is C15H15ClN2OS. The van der Waals surface area contributed by atoms with Crippen LogP contribution < -0.4 is 11.1 Å². The van der Waals surface area contributed by atoms with Gasteiger partial charge in [0.2, 0.25) is 0 Å². The molecule has 0 aliphatic heterocycles. The molecule has 0 saturated carbocycles. The highest BCUT2D eigenvalue weighted by molar-refractivity contribution is 7.10. The van der Waals surface area contributed by atoms with Crippen LogP contribution in [0, 0.1) is 0 Å². The third kappa shape index (κ3) is 2.41. The number of hydrogen-bond acceptors (Lipinski definition) is 3. The van der Waals surface area contributed by atoms with Gasteiger partial charge in [-0.05, 0) is 48.4 Å². The average Bonchev–Trinajstić information content (AvgIpc) is 2.91. The molecule has 3 rings (SSSR count). The summed E-state index contributed by atoms with van der Waals surface area (Å²) in [6.45, 7) is 0. The van der Waals surface area contributed by atoms with Gasteiger partial charge in [0, 0.05) is 4.88 Å². The molecule has 3 N–H and O–H groups in total. The number of hydrogen-bond donors (Lipinski definition) is 2. The Morgan fingerprint density at radius 1 is 1.40 bits per heavy atom. The van der Waals surface area contributed by atoms with Crippen LogP contribution in [0.5, 0.6) is 0 Å². The summed E-state index contributed by atoms with van der Waals surface area (Å²) in [6, 6.07) is 7.31. The summed E-state index contributed by atoms with van der Waals surface area (Å²) in [4.78, 5) is 13.7. The first kappa shape index (κ1) is 13.5. The Labute approximate surface area is 126 Å². The molecule has 0 radical (unpaired) electrons. The van der Waals surface area contributed by atoms with Crippen LogP contribution >= 0.6 is 22.9 Å². The van der Waals surface area contributed by atoms with Crippen LogP contribution in [0.4, 0.5) is 5.69 Å². The summed E-state index contributed by atoms with van der Waals surface area (Å²) in [5.41, 5.74) is 7.86. The minimum absolute atomic E-state index is 0.0787. The van der Waals surface area contributed by atoms with Gasteiger partial charge in [0.15, 0.2) is 0 Å². The summed E-state index contributed by atoms with van der Waals surface area (Å²) in [7, 11) is 0. The Kier molecular flexibility index (Phi) is 3.68. The normalized spacial score (nSPS) is 17.6. The number of nitrogen functional groups attached to an aromatic ring is 1. The number of aryl methyl sites for hydroxylation is 1. The number of carbonyl (C=O) groups excluding carboxylic acids is 1. The highest BCUT2D eigenvalue weighted by Gasteiger charge is 2.24. The number of carbonyl (C=O) groups is 1. The monoisotopic (exact) mass is 306 g/mol. The molecule has 1 amide bonds. The second-order valence-corrected chi connectivity index (χ2v) is 6.30. The molecule has 1 aromatic carbocycles. The van der Waals surface area contributed by atoms with Gasteiger partial charge in [-0.1, -0.05) is 17.7 Å². The Morgan fingerprint density at radius 3 is 3.10 bits per heavy atom. The highest BCUT2D eigenvalue weighted by Crippen LogP contribution is 2.33. The van der Waals surface area contributed by atoms with Gasteiger partial charge in [0.05, 0.1) is 22.3 Å². The van der Waals surface area contributed by atoms with Crippen LogP contribution in [-0.4, -0.2) is 5.91 Å². The van der Waals surface area contributed by atoms with E-state index in [0.717, 1.165) is 19.3 Å². The molecule has 20 heavy (non-hydrogen) atoms. The van der Waals surface area contributed by atoms with Gasteiger partial charge < -0.3 is 11.1 Å². The molecule has 1 aromatic heterocycles. The Morgan fingerprint density at radius 2 is 2.25 bits per heavy atom. The van der Waals surface area contributed by atoms with Gasteiger partial charge in [-0.25, -0.2) is 0 Å². The van der Waals surface area contributed by atoms with Crippen LogP contribution in [0.3, 0.4) is 0 Å². The molecule has 0 spiro atoms. The SMILES string of the molecule is Nc1cccc(C(=O)NC2CCCc3sccc32)c1Cl. The lowest BCUT2D eigenvalue weighted by Gasteiger charge is -2.24. The maximum Gasteiger partial charge on any atom is 0.253 e. The number of amides is 1. The number of fused-ring (bicyclic) bond motifs is 1. The van der Waals surface area contributed by atoms with Gasteiger partial charge in [-0.15, -0.1) is 11.3 Å². The van der Waals surface area contributed by atoms with Crippen LogP contribution in [-0.2, 0) is 6.42 Å². The largest absolute Gasteiger partial charge is 0.398 e. The van der Waals surface area contributed by atoms with Crippen molar-refractivity contribution in [3.8, 4) is 0 Å². The van der Waals surface area contributed by atoms with E-state index in [4.69, 9.17) is 17.3 Å². The van der Waals surface area contributed by atoms with Crippen molar-refractivity contribution in [3.63, 3.8) is 0 Å². The van der Waals surface area contributed by atoms with E-state index in [0.29, 0.717) is 16.3 Å². The number of halogens is 1. The molecule has 1 aliphatic carbocycles. The third-order valence-corrected chi connectivity index (χ3v) is 5.05. The third-order valence-electron chi connectivity index (χ3n) is 3.63. The molecule has 1 unspecified atom stereocenters. The molecule has 5 heteroatoms. The Balaban J connectivity index is 1.83. The number of thiophene rings is 1. The first-order valence-corrected chi connectivity index (χ1v) is 7.83. The predicted molar refractivity (Wildman–Crippen MR) is 83.3 cm³/mol. The summed E-state index contributed by atoms with van der Waals surface area (Å²) in [5.74, 6) is -0.161. The molecule has 1 aliphatic rings. The molecule has 0 saturated heterocycles. The number of rotatable bonds is 2. The van der Waals surface area contributed by atoms with Crippen molar-refractivity contribution in [2.45, 2.75) is 25.3 Å². The van der Waals surface area contributed by atoms with Gasteiger partial charge in [0.25, 0.3) is 5.91 Å². The van der Waals surface area contributed by atoms with E-state index in [9.17, 15) is 4.79 Å². The number of nitrogens with one attached hydrogen (secondary N) is 1. The van der Waals surface area contributed by atoms with E-state index in [2.05, 4.69) is 16.8 Å². The zero-order valence-corrected chi connectivity index (χ0v) is 12.4. The van der Waals surface area contributed by atoms with E-state index in [-0.39, 0.29) is 11.9 Å². The fourth-order valence-electron chi connectivity index (χ4n) is 2.60. The van der Waals surface area contributed by atoms with Gasteiger partial charge in [0.1, 0.15) is 0 Å². The Hall–Kier alpha value is -1.52. The van der Waals surface area contributed by atoms with Crippen molar-refractivity contribution in [1.82, 2.24) is 5.32 Å². The zero-order chi connectivity index (χ0) is 14.1. The van der Waals surface area contributed by atoms with Crippen LogP contribution in [0.2, 0.25) is 5.02 Å². The molecule has 1 atom stereocenters. The maximum atomic E-state index is 12.4. The lowest BCUT2D eigenvalue weighted by atomic mass is 9.94. The predicted octanol–water partition coefficient (Wildman–Crippen LogP) is 3.79. The number of anilines is 1. The zero-order valence-electron chi connectivity index (χ0n) is 10.9. The van der Waals surface area contributed by atoms with Crippen molar-refractivity contribution in [2.75, 3.05) is 5.73 Å². The second kappa shape index (κ2) is 5.46. The maximum absolute atomic E-state index is 12.4. The first-order valence-electron chi connectivity index (χ1n) is 6.58. The van der Waals surface area contributed by atoms with E-state index in [1.807, 2.05) is 0 Å². The van der Waals surface area contributed by atoms with Gasteiger partial charge in [-0.3, -0.25) is 4.79 Å². The fraction of sp³-hybridized carbons (Fsp3) is 0.267. The molecular weight excluding hydrogens is 292 g/mol. The average molecular weight is 307 g/mol. The van der Waals surface area contributed by atoms with Gasteiger partial charge in [-0.2, -0.15) is 0 Å². The van der Waals surface area contributed by atoms with E-state index in [1.54, 1.807) is 29.5 Å². The molecule has 3 nitrogen and oxygen atoms in total. The summed E-state index contributed by atoms with van der Waals surface area (Å²) >= 11 is 7.86. The minimum atomic E-state index is -0.161.